The fraction of sp³-hybridized carbons (Fsp3) is 0.533. The van der Waals surface area contributed by atoms with Crippen LogP contribution >= 0.6 is 24.2 Å². The molecule has 1 atom stereocenters. The highest BCUT2D eigenvalue weighted by Gasteiger charge is 2.29. The Morgan fingerprint density at radius 2 is 2.24 bits per heavy atom. The second kappa shape index (κ2) is 9.18. The summed E-state index contributed by atoms with van der Waals surface area (Å²) in [4.78, 5) is 14.4. The number of hydrogen-bond acceptors (Lipinski definition) is 4. The van der Waals surface area contributed by atoms with E-state index >= 15 is 0 Å². The minimum atomic E-state index is 0. The molecule has 1 fully saturated rings. The van der Waals surface area contributed by atoms with E-state index in [-0.39, 0.29) is 24.4 Å². The maximum Gasteiger partial charge on any atom is 0.224 e. The quantitative estimate of drug-likeness (QED) is 0.899. The number of rotatable bonds is 5. The molecule has 0 radical (unpaired) electrons. The monoisotopic (exact) mass is 330 g/mol. The zero-order valence-electron chi connectivity index (χ0n) is 12.5. The molecule has 0 aromatic heterocycles. The predicted octanol–water partition coefficient (Wildman–Crippen LogP) is 2.34. The lowest BCUT2D eigenvalue weighted by atomic mass is 10.0. The third-order valence-electron chi connectivity index (χ3n) is 3.58. The Balaban J connectivity index is 0.00000220. The number of ether oxygens (including phenoxy) is 1. The first-order chi connectivity index (χ1) is 9.77. The van der Waals surface area contributed by atoms with Gasteiger partial charge in [0.2, 0.25) is 5.91 Å². The Hall–Kier alpha value is -0.910. The van der Waals surface area contributed by atoms with Crippen LogP contribution in [0.25, 0.3) is 0 Å². The van der Waals surface area contributed by atoms with Crippen LogP contribution in [0.15, 0.2) is 24.3 Å². The van der Waals surface area contributed by atoms with Crippen LogP contribution in [0.3, 0.4) is 0 Å². The summed E-state index contributed by atoms with van der Waals surface area (Å²) in [5.74, 6) is 1.96. The maximum absolute atomic E-state index is 12.4. The van der Waals surface area contributed by atoms with Crippen molar-refractivity contribution in [2.24, 2.45) is 0 Å². The summed E-state index contributed by atoms with van der Waals surface area (Å²) in [6.07, 6.45) is 2.63. The van der Waals surface area contributed by atoms with E-state index in [4.69, 9.17) is 4.74 Å². The molecule has 2 rings (SSSR count). The number of piperazine rings is 1. The second-order valence-electron chi connectivity index (χ2n) is 4.79. The van der Waals surface area contributed by atoms with E-state index in [0.717, 1.165) is 36.7 Å². The third-order valence-corrected chi connectivity index (χ3v) is 4.19. The summed E-state index contributed by atoms with van der Waals surface area (Å²) in [7, 11) is 1.68. The lowest BCUT2D eigenvalue weighted by Gasteiger charge is -2.37. The SMILES string of the molecule is COc1ccccc1C1CNCCN1C(=O)CCSC.Cl. The maximum atomic E-state index is 12.4. The highest BCUT2D eigenvalue weighted by molar-refractivity contribution is 7.98. The van der Waals surface area contributed by atoms with Crippen molar-refractivity contribution in [2.75, 3.05) is 38.8 Å². The summed E-state index contributed by atoms with van der Waals surface area (Å²) >= 11 is 1.71. The molecule has 1 N–H and O–H groups in total. The second-order valence-corrected chi connectivity index (χ2v) is 5.78. The minimum Gasteiger partial charge on any atom is -0.496 e. The first-order valence-electron chi connectivity index (χ1n) is 6.90. The Bertz CT molecular complexity index is 459. The number of methoxy groups -OCH3 is 1. The normalized spacial score (nSPS) is 18.0. The Morgan fingerprint density at radius 3 is 2.95 bits per heavy atom. The lowest BCUT2D eigenvalue weighted by Crippen LogP contribution is -2.48. The van der Waals surface area contributed by atoms with E-state index in [0.29, 0.717) is 6.42 Å². The van der Waals surface area contributed by atoms with Crippen LogP contribution in [0, 0.1) is 0 Å². The molecule has 1 saturated heterocycles. The fourth-order valence-corrected chi connectivity index (χ4v) is 2.93. The van der Waals surface area contributed by atoms with Gasteiger partial charge in [0.1, 0.15) is 5.75 Å². The minimum absolute atomic E-state index is 0. The Morgan fingerprint density at radius 1 is 1.48 bits per heavy atom. The van der Waals surface area contributed by atoms with Crippen molar-refractivity contribution in [1.29, 1.82) is 0 Å². The van der Waals surface area contributed by atoms with Gasteiger partial charge in [0.25, 0.3) is 0 Å². The average Bonchev–Trinajstić information content (AvgIpc) is 2.52. The molecule has 4 nitrogen and oxygen atoms in total. The van der Waals surface area contributed by atoms with Crippen molar-refractivity contribution in [3.05, 3.63) is 29.8 Å². The van der Waals surface area contributed by atoms with Gasteiger partial charge in [0.05, 0.1) is 13.2 Å². The van der Waals surface area contributed by atoms with Gasteiger partial charge in [-0.2, -0.15) is 11.8 Å². The molecular formula is C15H23ClN2O2S. The summed E-state index contributed by atoms with van der Waals surface area (Å²) in [6, 6.07) is 8.02. The van der Waals surface area contributed by atoms with Gasteiger partial charge in [0.15, 0.2) is 0 Å². The van der Waals surface area contributed by atoms with Gasteiger partial charge in [-0.15, -0.1) is 12.4 Å². The van der Waals surface area contributed by atoms with Crippen molar-refractivity contribution >= 4 is 30.1 Å². The van der Waals surface area contributed by atoms with Crippen LogP contribution in [0.2, 0.25) is 0 Å². The summed E-state index contributed by atoms with van der Waals surface area (Å²) in [5, 5.41) is 3.37. The number of nitrogens with zero attached hydrogens (tertiary/aromatic N) is 1. The number of para-hydroxylation sites is 1. The molecule has 1 aromatic carbocycles. The van der Waals surface area contributed by atoms with Crippen LogP contribution in [0.4, 0.5) is 0 Å². The molecule has 1 aromatic rings. The van der Waals surface area contributed by atoms with Crippen LogP contribution in [0.5, 0.6) is 5.75 Å². The number of benzene rings is 1. The van der Waals surface area contributed by atoms with E-state index in [9.17, 15) is 4.79 Å². The van der Waals surface area contributed by atoms with Crippen LogP contribution < -0.4 is 10.1 Å². The van der Waals surface area contributed by atoms with E-state index in [1.54, 1.807) is 18.9 Å². The van der Waals surface area contributed by atoms with Crippen LogP contribution in [0.1, 0.15) is 18.0 Å². The van der Waals surface area contributed by atoms with E-state index in [2.05, 4.69) is 5.32 Å². The molecule has 0 spiro atoms. The number of amides is 1. The molecule has 0 bridgehead atoms. The molecular weight excluding hydrogens is 308 g/mol. The topological polar surface area (TPSA) is 41.6 Å². The molecule has 6 heteroatoms. The van der Waals surface area contributed by atoms with Crippen LogP contribution in [-0.4, -0.2) is 49.6 Å². The molecule has 1 heterocycles. The van der Waals surface area contributed by atoms with Gasteiger partial charge in [-0.3, -0.25) is 4.79 Å². The van der Waals surface area contributed by atoms with Crippen molar-refractivity contribution in [1.82, 2.24) is 10.2 Å². The van der Waals surface area contributed by atoms with Gasteiger partial charge >= 0.3 is 0 Å². The van der Waals surface area contributed by atoms with Crippen molar-refractivity contribution in [3.63, 3.8) is 0 Å². The molecule has 0 aliphatic carbocycles. The molecule has 118 valence electrons. The smallest absolute Gasteiger partial charge is 0.224 e. The van der Waals surface area contributed by atoms with E-state index in [1.807, 2.05) is 35.4 Å². The summed E-state index contributed by atoms with van der Waals surface area (Å²) < 4.78 is 5.44. The van der Waals surface area contributed by atoms with Gasteiger partial charge in [0, 0.05) is 37.4 Å². The standard InChI is InChI=1S/C15H22N2O2S.ClH/c1-19-14-6-4-3-5-12(14)13-11-16-8-9-17(13)15(18)7-10-20-2;/h3-6,13,16H,7-11H2,1-2H3;1H. The average molecular weight is 331 g/mol. The highest BCUT2D eigenvalue weighted by atomic mass is 35.5. The van der Waals surface area contributed by atoms with Gasteiger partial charge in [-0.25, -0.2) is 0 Å². The highest BCUT2D eigenvalue weighted by Crippen LogP contribution is 2.30. The third kappa shape index (κ3) is 4.53. The number of thioether (sulfide) groups is 1. The lowest BCUT2D eigenvalue weighted by molar-refractivity contribution is -0.134. The summed E-state index contributed by atoms with van der Waals surface area (Å²) in [5.41, 5.74) is 1.08. The number of carbonyl (C=O) groups is 1. The zero-order chi connectivity index (χ0) is 14.4. The largest absolute Gasteiger partial charge is 0.496 e. The number of hydrogen-bond donors (Lipinski definition) is 1. The fourth-order valence-electron chi connectivity index (χ4n) is 2.56. The first-order valence-corrected chi connectivity index (χ1v) is 8.29. The van der Waals surface area contributed by atoms with Crippen LogP contribution in [-0.2, 0) is 4.79 Å². The number of halogens is 1. The molecule has 1 amide bonds. The Kier molecular flexibility index (Phi) is 7.93. The van der Waals surface area contributed by atoms with Gasteiger partial charge in [-0.05, 0) is 12.3 Å². The Labute approximate surface area is 137 Å². The number of nitrogens with one attached hydrogen (secondary N) is 1. The molecule has 1 unspecified atom stereocenters. The molecule has 1 aliphatic rings. The van der Waals surface area contributed by atoms with E-state index < -0.39 is 0 Å². The molecule has 21 heavy (non-hydrogen) atoms. The van der Waals surface area contributed by atoms with Crippen molar-refractivity contribution in [2.45, 2.75) is 12.5 Å². The van der Waals surface area contributed by atoms with E-state index in [1.165, 1.54) is 0 Å². The molecule has 1 aliphatic heterocycles. The number of carbonyl (C=O) groups excluding carboxylic acids is 1. The van der Waals surface area contributed by atoms with Gasteiger partial charge in [-0.1, -0.05) is 18.2 Å². The van der Waals surface area contributed by atoms with Crippen molar-refractivity contribution < 1.29 is 9.53 Å². The zero-order valence-corrected chi connectivity index (χ0v) is 14.1. The predicted molar refractivity (Wildman–Crippen MR) is 90.6 cm³/mol. The molecule has 0 saturated carbocycles. The van der Waals surface area contributed by atoms with Crippen molar-refractivity contribution in [3.8, 4) is 5.75 Å². The summed E-state index contributed by atoms with van der Waals surface area (Å²) in [6.45, 7) is 2.40. The van der Waals surface area contributed by atoms with Gasteiger partial charge < -0.3 is 15.0 Å². The first kappa shape index (κ1) is 18.1.